The molecule has 0 spiro atoms. The first-order valence-corrected chi connectivity index (χ1v) is 9.85. The number of amides is 1. The zero-order valence-corrected chi connectivity index (χ0v) is 17.0. The summed E-state index contributed by atoms with van der Waals surface area (Å²) in [5.41, 5.74) is -1.34. The second-order valence-electron chi connectivity index (χ2n) is 7.11. The van der Waals surface area contributed by atoms with Crippen molar-refractivity contribution in [3.05, 3.63) is 22.8 Å². The van der Waals surface area contributed by atoms with Crippen molar-refractivity contribution in [3.63, 3.8) is 0 Å². The SMILES string of the molecule is CC1(Cl)C=C(Cl)C=C(C(=O)NCCCCCCCCCC(=O)O)C1(C)O. The van der Waals surface area contributed by atoms with Crippen LogP contribution in [0.1, 0.15) is 65.2 Å². The van der Waals surface area contributed by atoms with Crippen LogP contribution < -0.4 is 5.32 Å². The van der Waals surface area contributed by atoms with Gasteiger partial charge in [0.05, 0.1) is 10.4 Å². The van der Waals surface area contributed by atoms with Gasteiger partial charge in [0.15, 0.2) is 0 Å². The number of rotatable bonds is 11. The van der Waals surface area contributed by atoms with Crippen molar-refractivity contribution in [1.29, 1.82) is 0 Å². The van der Waals surface area contributed by atoms with E-state index >= 15 is 0 Å². The van der Waals surface area contributed by atoms with Crippen LogP contribution in [-0.4, -0.2) is 39.1 Å². The predicted octanol–water partition coefficient (Wildman–Crippen LogP) is 4.12. The van der Waals surface area contributed by atoms with E-state index in [-0.39, 0.29) is 17.9 Å². The van der Waals surface area contributed by atoms with Gasteiger partial charge < -0.3 is 15.5 Å². The Morgan fingerprint density at radius 3 is 2.19 bits per heavy atom. The third-order valence-electron chi connectivity index (χ3n) is 4.77. The molecule has 1 aliphatic carbocycles. The number of unbranched alkanes of at least 4 members (excludes halogenated alkanes) is 6. The van der Waals surface area contributed by atoms with Gasteiger partial charge in [0.25, 0.3) is 0 Å². The molecule has 3 N–H and O–H groups in total. The molecule has 0 fully saturated rings. The fraction of sp³-hybridized carbons (Fsp3) is 0.684. The third kappa shape index (κ3) is 6.93. The Hall–Kier alpha value is -1.04. The maximum Gasteiger partial charge on any atom is 0.303 e. The Labute approximate surface area is 165 Å². The standard InChI is InChI=1S/C19H29Cl2NO4/c1-18(21)13-14(20)12-15(19(18,2)26)17(25)22-11-9-7-5-3-4-6-8-10-16(23)24/h12-13,26H,3-11H2,1-2H3,(H,22,25)(H,23,24). The number of alkyl halides is 1. The number of aliphatic hydroxyl groups is 1. The minimum Gasteiger partial charge on any atom is -0.481 e. The van der Waals surface area contributed by atoms with E-state index in [1.807, 2.05) is 0 Å². The minimum atomic E-state index is -1.51. The lowest BCUT2D eigenvalue weighted by Crippen LogP contribution is -2.51. The van der Waals surface area contributed by atoms with Crippen LogP contribution in [0.15, 0.2) is 22.8 Å². The number of hydrogen-bond acceptors (Lipinski definition) is 3. The smallest absolute Gasteiger partial charge is 0.303 e. The van der Waals surface area contributed by atoms with Crippen molar-refractivity contribution in [2.45, 2.75) is 75.7 Å². The van der Waals surface area contributed by atoms with Crippen LogP contribution in [0.5, 0.6) is 0 Å². The first-order chi connectivity index (χ1) is 12.1. The second kappa shape index (κ2) is 10.3. The quantitative estimate of drug-likeness (QED) is 0.356. The maximum atomic E-state index is 12.4. The van der Waals surface area contributed by atoms with Gasteiger partial charge in [-0.2, -0.15) is 0 Å². The molecule has 2 unspecified atom stereocenters. The van der Waals surface area contributed by atoms with E-state index in [4.69, 9.17) is 28.3 Å². The fourth-order valence-electron chi connectivity index (χ4n) is 2.85. The maximum absolute atomic E-state index is 12.4. The topological polar surface area (TPSA) is 86.6 Å². The van der Waals surface area contributed by atoms with Gasteiger partial charge in [-0.05, 0) is 38.8 Å². The lowest BCUT2D eigenvalue weighted by Gasteiger charge is -2.39. The summed E-state index contributed by atoms with van der Waals surface area (Å²) in [5.74, 6) is -1.10. The minimum absolute atomic E-state index is 0.168. The predicted molar refractivity (Wildman–Crippen MR) is 104 cm³/mol. The summed E-state index contributed by atoms with van der Waals surface area (Å²) in [6.07, 6.45) is 9.90. The summed E-state index contributed by atoms with van der Waals surface area (Å²) < 4.78 is 0. The van der Waals surface area contributed by atoms with Crippen molar-refractivity contribution < 1.29 is 19.8 Å². The van der Waals surface area contributed by atoms with Gasteiger partial charge in [0.1, 0.15) is 5.60 Å². The fourth-order valence-corrected chi connectivity index (χ4v) is 3.45. The molecule has 0 bridgehead atoms. The Morgan fingerprint density at radius 1 is 1.08 bits per heavy atom. The molecule has 0 saturated heterocycles. The monoisotopic (exact) mass is 405 g/mol. The Balaban J connectivity index is 2.25. The number of halogens is 2. The highest BCUT2D eigenvalue weighted by atomic mass is 35.5. The van der Waals surface area contributed by atoms with Gasteiger partial charge >= 0.3 is 5.97 Å². The number of allylic oxidation sites excluding steroid dienone is 2. The van der Waals surface area contributed by atoms with E-state index in [0.29, 0.717) is 11.6 Å². The van der Waals surface area contributed by atoms with E-state index in [1.54, 1.807) is 6.92 Å². The van der Waals surface area contributed by atoms with Crippen LogP contribution in [0, 0.1) is 0 Å². The van der Waals surface area contributed by atoms with Crippen LogP contribution in [0.3, 0.4) is 0 Å². The number of hydrogen-bond donors (Lipinski definition) is 3. The van der Waals surface area contributed by atoms with Crippen LogP contribution in [-0.2, 0) is 9.59 Å². The first-order valence-electron chi connectivity index (χ1n) is 9.10. The summed E-state index contributed by atoms with van der Waals surface area (Å²) in [6.45, 7) is 3.65. The van der Waals surface area contributed by atoms with Crippen LogP contribution in [0.25, 0.3) is 0 Å². The molecule has 2 atom stereocenters. The third-order valence-corrected chi connectivity index (χ3v) is 5.46. The summed E-state index contributed by atoms with van der Waals surface area (Å²) >= 11 is 12.3. The molecule has 0 heterocycles. The van der Waals surface area contributed by atoms with Crippen molar-refractivity contribution in [2.24, 2.45) is 0 Å². The Kier molecular flexibility index (Phi) is 9.14. The molecule has 0 radical (unpaired) electrons. The van der Waals surface area contributed by atoms with Crippen LogP contribution >= 0.6 is 23.2 Å². The second-order valence-corrected chi connectivity index (χ2v) is 8.33. The van der Waals surface area contributed by atoms with Crippen molar-refractivity contribution in [3.8, 4) is 0 Å². The average Bonchev–Trinajstić information content (AvgIpc) is 2.52. The van der Waals surface area contributed by atoms with Gasteiger partial charge in [-0.25, -0.2) is 0 Å². The molecule has 26 heavy (non-hydrogen) atoms. The molecule has 1 rings (SSSR count). The first kappa shape index (κ1) is 23.0. The molecular formula is C19H29Cl2NO4. The van der Waals surface area contributed by atoms with Gasteiger partial charge in [0, 0.05) is 18.0 Å². The van der Waals surface area contributed by atoms with Crippen LogP contribution in [0.4, 0.5) is 0 Å². The molecule has 7 heteroatoms. The highest BCUT2D eigenvalue weighted by molar-refractivity contribution is 6.34. The summed E-state index contributed by atoms with van der Waals surface area (Å²) in [4.78, 5) is 21.6. The molecule has 0 aromatic heterocycles. The summed E-state index contributed by atoms with van der Waals surface area (Å²) in [7, 11) is 0. The van der Waals surface area contributed by atoms with Crippen molar-refractivity contribution >= 4 is 35.1 Å². The average molecular weight is 406 g/mol. The molecular weight excluding hydrogens is 377 g/mol. The van der Waals surface area contributed by atoms with E-state index in [1.165, 1.54) is 19.1 Å². The van der Waals surface area contributed by atoms with Crippen molar-refractivity contribution in [2.75, 3.05) is 6.54 Å². The van der Waals surface area contributed by atoms with Gasteiger partial charge in [-0.1, -0.05) is 43.7 Å². The highest BCUT2D eigenvalue weighted by Crippen LogP contribution is 2.41. The number of carboxylic acids is 1. The van der Waals surface area contributed by atoms with Gasteiger partial charge in [-0.15, -0.1) is 11.6 Å². The molecule has 1 aliphatic rings. The number of aliphatic carboxylic acids is 1. The molecule has 148 valence electrons. The summed E-state index contributed by atoms with van der Waals surface area (Å²) in [5, 5.41) is 22.3. The van der Waals surface area contributed by atoms with Gasteiger partial charge in [0.2, 0.25) is 5.91 Å². The Morgan fingerprint density at radius 2 is 1.62 bits per heavy atom. The molecule has 1 amide bonds. The van der Waals surface area contributed by atoms with E-state index in [9.17, 15) is 14.7 Å². The molecule has 5 nitrogen and oxygen atoms in total. The molecule has 0 aliphatic heterocycles. The number of carbonyl (C=O) groups excluding carboxylic acids is 1. The van der Waals surface area contributed by atoms with Crippen molar-refractivity contribution in [1.82, 2.24) is 5.32 Å². The normalized spacial score (nSPS) is 25.4. The largest absolute Gasteiger partial charge is 0.481 e. The summed E-state index contributed by atoms with van der Waals surface area (Å²) in [6, 6.07) is 0. The van der Waals surface area contributed by atoms with E-state index in [0.717, 1.165) is 44.9 Å². The zero-order valence-electron chi connectivity index (χ0n) is 15.5. The van der Waals surface area contributed by atoms with Gasteiger partial charge in [-0.3, -0.25) is 9.59 Å². The van der Waals surface area contributed by atoms with E-state index in [2.05, 4.69) is 5.32 Å². The highest BCUT2D eigenvalue weighted by Gasteiger charge is 2.47. The molecule has 0 aromatic carbocycles. The number of nitrogens with one attached hydrogen (secondary N) is 1. The number of carboxylic acid groups (broad SMARTS) is 1. The molecule has 0 saturated carbocycles. The molecule has 0 aromatic rings. The zero-order chi connectivity index (χ0) is 19.8. The number of carbonyl (C=O) groups is 2. The van der Waals surface area contributed by atoms with E-state index < -0.39 is 16.4 Å². The van der Waals surface area contributed by atoms with Crippen LogP contribution in [0.2, 0.25) is 0 Å². The lowest BCUT2D eigenvalue weighted by molar-refractivity contribution is -0.137. The lowest BCUT2D eigenvalue weighted by atomic mass is 9.79. The Bertz CT molecular complexity index is 568.